The van der Waals surface area contributed by atoms with Crippen LogP contribution in [0.2, 0.25) is 0 Å². The maximum atomic E-state index is 10.6. The predicted octanol–water partition coefficient (Wildman–Crippen LogP) is 2.76. The first-order valence-corrected chi connectivity index (χ1v) is 9.66. The summed E-state index contributed by atoms with van der Waals surface area (Å²) in [7, 11) is 0. The molecule has 26 heavy (non-hydrogen) atoms. The Labute approximate surface area is 154 Å². The molecule has 1 aromatic rings. The average molecular weight is 357 g/mol. The molecule has 0 spiro atoms. The van der Waals surface area contributed by atoms with Crippen molar-refractivity contribution in [2.24, 2.45) is 11.8 Å². The maximum Gasteiger partial charge on any atom is 0.303 e. The number of ether oxygens (including phenoxy) is 2. The van der Waals surface area contributed by atoms with Crippen molar-refractivity contribution in [2.45, 2.75) is 56.6 Å². The van der Waals surface area contributed by atoms with Crippen LogP contribution in [0.1, 0.15) is 31.2 Å². The highest BCUT2D eigenvalue weighted by molar-refractivity contribution is 5.66. The Balaban J connectivity index is 1.27. The molecule has 2 N–H and O–H groups in total. The highest BCUT2D eigenvalue weighted by Gasteiger charge is 2.68. The quantitative estimate of drug-likeness (QED) is 0.383. The number of carboxylic acids is 1. The molecule has 1 aromatic carbocycles. The van der Waals surface area contributed by atoms with Crippen molar-refractivity contribution in [3.8, 4) is 0 Å². The highest BCUT2D eigenvalue weighted by atomic mass is 16.7. The van der Waals surface area contributed by atoms with Gasteiger partial charge in [-0.3, -0.25) is 4.79 Å². The Kier molecular flexibility index (Phi) is 5.38. The van der Waals surface area contributed by atoms with Gasteiger partial charge in [-0.2, -0.15) is 0 Å². The van der Waals surface area contributed by atoms with Gasteiger partial charge < -0.3 is 19.9 Å². The van der Waals surface area contributed by atoms with Crippen LogP contribution in [0.4, 0.5) is 0 Å². The molecule has 0 aliphatic carbocycles. The maximum absolute atomic E-state index is 10.6. The normalized spacial score (nSPS) is 34.3. The molecular formula is C21H27NO4. The van der Waals surface area contributed by atoms with Crippen LogP contribution in [-0.4, -0.2) is 42.0 Å². The fourth-order valence-electron chi connectivity index (χ4n) is 4.48. The lowest BCUT2D eigenvalue weighted by molar-refractivity contribution is -0.137. The van der Waals surface area contributed by atoms with E-state index in [1.54, 1.807) is 0 Å². The average Bonchev–Trinajstić information content (AvgIpc) is 3.27. The number of unbranched alkanes of at least 4 members (excludes halogenated alkanes) is 1. The van der Waals surface area contributed by atoms with E-state index in [2.05, 4.69) is 41.7 Å². The van der Waals surface area contributed by atoms with Crippen molar-refractivity contribution in [3.63, 3.8) is 0 Å². The van der Waals surface area contributed by atoms with Gasteiger partial charge >= 0.3 is 5.97 Å². The first-order valence-electron chi connectivity index (χ1n) is 9.66. The Morgan fingerprint density at radius 1 is 1.04 bits per heavy atom. The minimum atomic E-state index is -0.721. The van der Waals surface area contributed by atoms with Crippen molar-refractivity contribution in [1.82, 2.24) is 5.32 Å². The molecule has 0 saturated carbocycles. The molecule has 6 atom stereocenters. The third-order valence-corrected chi connectivity index (χ3v) is 5.81. The van der Waals surface area contributed by atoms with E-state index >= 15 is 0 Å². The van der Waals surface area contributed by atoms with Gasteiger partial charge in [-0.1, -0.05) is 42.5 Å². The van der Waals surface area contributed by atoms with E-state index in [9.17, 15) is 4.79 Å². The van der Waals surface area contributed by atoms with Crippen LogP contribution in [0.5, 0.6) is 0 Å². The van der Waals surface area contributed by atoms with Crippen LogP contribution in [0.25, 0.3) is 0 Å². The van der Waals surface area contributed by atoms with E-state index in [0.717, 1.165) is 25.9 Å². The Hall–Kier alpha value is -1.69. The van der Waals surface area contributed by atoms with E-state index < -0.39 is 5.97 Å². The standard InChI is InChI=1S/C21H27NO4/c23-17(24)11-7-2-1-6-10-15-16(19-21-20(26-21)18(15)25-19)13-22-12-14-8-4-3-5-9-14/h1,3-6,8-9,15-16,18-22H,2,7,10-13H2,(H,23,24)/t15-,16+,18+,19-,20-,21+/m0/s1. The van der Waals surface area contributed by atoms with Crippen LogP contribution in [0.15, 0.2) is 42.5 Å². The SMILES string of the molecule is O=C(O)CCCC=CC[C@H]1[C@@H](CNCc2ccccc2)[C@@H]2O[C@H]1[C@@H]1O[C@@H]12. The van der Waals surface area contributed by atoms with Gasteiger partial charge in [-0.25, -0.2) is 0 Å². The molecule has 3 saturated heterocycles. The Morgan fingerprint density at radius 2 is 1.77 bits per heavy atom. The summed E-state index contributed by atoms with van der Waals surface area (Å²) in [5.41, 5.74) is 1.30. The fraction of sp³-hybridized carbons (Fsp3) is 0.571. The molecule has 140 valence electrons. The summed E-state index contributed by atoms with van der Waals surface area (Å²) in [5, 5.41) is 12.3. The summed E-state index contributed by atoms with van der Waals surface area (Å²) in [6, 6.07) is 10.5. The molecule has 0 amide bonds. The summed E-state index contributed by atoms with van der Waals surface area (Å²) in [4.78, 5) is 10.6. The van der Waals surface area contributed by atoms with E-state index in [0.29, 0.717) is 30.5 Å². The minimum absolute atomic E-state index is 0.234. The molecule has 0 unspecified atom stereocenters. The molecule has 3 aliphatic heterocycles. The number of hydrogen-bond donors (Lipinski definition) is 2. The summed E-state index contributed by atoms with van der Waals surface area (Å²) in [6.07, 6.45) is 8.18. The number of benzene rings is 1. The van der Waals surface area contributed by atoms with Crippen LogP contribution in [0.3, 0.4) is 0 Å². The molecular weight excluding hydrogens is 330 g/mol. The lowest BCUT2D eigenvalue weighted by Crippen LogP contribution is -2.39. The second-order valence-corrected chi connectivity index (χ2v) is 7.57. The topological polar surface area (TPSA) is 71.1 Å². The van der Waals surface area contributed by atoms with Gasteiger partial charge in [0.2, 0.25) is 0 Å². The van der Waals surface area contributed by atoms with E-state index in [1.165, 1.54) is 5.56 Å². The summed E-state index contributed by atoms with van der Waals surface area (Å²) >= 11 is 0. The second kappa shape index (κ2) is 7.91. The number of nitrogens with one attached hydrogen (secondary N) is 1. The Morgan fingerprint density at radius 3 is 2.54 bits per heavy atom. The van der Waals surface area contributed by atoms with Crippen molar-refractivity contribution >= 4 is 5.97 Å². The number of epoxide rings is 1. The largest absolute Gasteiger partial charge is 0.481 e. The zero-order chi connectivity index (χ0) is 17.9. The summed E-state index contributed by atoms with van der Waals surface area (Å²) in [6.45, 7) is 1.82. The fourth-order valence-corrected chi connectivity index (χ4v) is 4.48. The number of carboxylic acid groups (broad SMARTS) is 1. The van der Waals surface area contributed by atoms with Crippen LogP contribution >= 0.6 is 0 Å². The van der Waals surface area contributed by atoms with Gasteiger partial charge in [0.15, 0.2) is 0 Å². The van der Waals surface area contributed by atoms with Gasteiger partial charge in [-0.15, -0.1) is 0 Å². The predicted molar refractivity (Wildman–Crippen MR) is 97.7 cm³/mol. The second-order valence-electron chi connectivity index (χ2n) is 7.57. The van der Waals surface area contributed by atoms with E-state index in [-0.39, 0.29) is 18.6 Å². The summed E-state index contributed by atoms with van der Waals surface area (Å²) < 4.78 is 12.0. The smallest absolute Gasteiger partial charge is 0.303 e. The number of hydrogen-bond acceptors (Lipinski definition) is 4. The molecule has 3 fully saturated rings. The van der Waals surface area contributed by atoms with Crippen molar-refractivity contribution in [2.75, 3.05) is 6.54 Å². The minimum Gasteiger partial charge on any atom is -0.481 e. The first-order chi connectivity index (χ1) is 12.7. The molecule has 5 nitrogen and oxygen atoms in total. The van der Waals surface area contributed by atoms with Gasteiger partial charge in [-0.05, 0) is 30.7 Å². The highest BCUT2D eigenvalue weighted by Crippen LogP contribution is 2.54. The van der Waals surface area contributed by atoms with Crippen LogP contribution < -0.4 is 5.32 Å². The zero-order valence-electron chi connectivity index (χ0n) is 14.9. The molecule has 2 bridgehead atoms. The van der Waals surface area contributed by atoms with Gasteiger partial charge in [0.05, 0.1) is 12.2 Å². The molecule has 3 heterocycles. The lowest BCUT2D eigenvalue weighted by Gasteiger charge is -2.25. The van der Waals surface area contributed by atoms with Crippen molar-refractivity contribution in [1.29, 1.82) is 0 Å². The third kappa shape index (κ3) is 3.85. The van der Waals surface area contributed by atoms with Crippen LogP contribution in [-0.2, 0) is 20.8 Å². The summed E-state index contributed by atoms with van der Waals surface area (Å²) in [5.74, 6) is 0.250. The monoisotopic (exact) mass is 357 g/mol. The number of carbonyl (C=O) groups is 1. The number of fused-ring (bicyclic) bond motifs is 5. The molecule has 0 aromatic heterocycles. The Bertz CT molecular complexity index is 647. The van der Waals surface area contributed by atoms with E-state index in [4.69, 9.17) is 14.6 Å². The van der Waals surface area contributed by atoms with Crippen molar-refractivity contribution < 1.29 is 19.4 Å². The molecule has 0 radical (unpaired) electrons. The number of rotatable bonds is 10. The number of aliphatic carboxylic acids is 1. The van der Waals surface area contributed by atoms with Gasteiger partial charge in [0.25, 0.3) is 0 Å². The lowest BCUT2D eigenvalue weighted by atomic mass is 9.77. The third-order valence-electron chi connectivity index (χ3n) is 5.81. The van der Waals surface area contributed by atoms with Gasteiger partial charge in [0, 0.05) is 25.4 Å². The number of allylic oxidation sites excluding steroid dienone is 2. The van der Waals surface area contributed by atoms with Crippen LogP contribution in [0, 0.1) is 11.8 Å². The first kappa shape index (κ1) is 17.7. The molecule has 3 aliphatic rings. The van der Waals surface area contributed by atoms with Gasteiger partial charge in [0.1, 0.15) is 12.2 Å². The zero-order valence-corrected chi connectivity index (χ0v) is 14.9. The van der Waals surface area contributed by atoms with Crippen molar-refractivity contribution in [3.05, 3.63) is 48.0 Å². The van der Waals surface area contributed by atoms with E-state index in [1.807, 2.05) is 6.07 Å². The molecule has 5 heteroatoms. The molecule has 4 rings (SSSR count).